The maximum atomic E-state index is 11.6. The number of carbonyl (C=O) groups is 3. The third kappa shape index (κ3) is 5.94. The van der Waals surface area contributed by atoms with Crippen LogP contribution in [0.4, 0.5) is 4.79 Å². The minimum Gasteiger partial charge on any atom is -0.478 e. The molecule has 0 aliphatic heterocycles. The second-order valence-corrected chi connectivity index (χ2v) is 4.68. The van der Waals surface area contributed by atoms with Crippen LogP contribution in [0.3, 0.4) is 0 Å². The molecule has 0 saturated heterocycles. The summed E-state index contributed by atoms with van der Waals surface area (Å²) >= 11 is 0. The highest BCUT2D eigenvalue weighted by Crippen LogP contribution is 2.08. The van der Waals surface area contributed by atoms with Gasteiger partial charge in [0.25, 0.3) is 0 Å². The number of hydrogen-bond donors (Lipinski definition) is 4. The first-order valence-electron chi connectivity index (χ1n) is 6.54. The molecule has 0 fully saturated rings. The predicted molar refractivity (Wildman–Crippen MR) is 76.9 cm³/mol. The van der Waals surface area contributed by atoms with Crippen LogP contribution in [0.25, 0.3) is 0 Å². The zero-order valence-corrected chi connectivity index (χ0v) is 11.8. The highest BCUT2D eigenvalue weighted by molar-refractivity contribution is 5.89. The molecule has 0 heterocycles. The first-order valence-corrected chi connectivity index (χ1v) is 6.54. The van der Waals surface area contributed by atoms with Crippen LogP contribution in [-0.2, 0) is 11.2 Å². The van der Waals surface area contributed by atoms with E-state index >= 15 is 0 Å². The van der Waals surface area contributed by atoms with Crippen LogP contribution in [0.2, 0.25) is 0 Å². The topological polar surface area (TPSA) is 122 Å². The van der Waals surface area contributed by atoms with E-state index in [0.717, 1.165) is 0 Å². The summed E-state index contributed by atoms with van der Waals surface area (Å²) < 4.78 is 0. The minimum atomic E-state index is -0.995. The largest absolute Gasteiger partial charge is 0.478 e. The van der Waals surface area contributed by atoms with Gasteiger partial charge in [0.2, 0.25) is 5.91 Å². The fraction of sp³-hybridized carbons (Fsp3) is 0.357. The van der Waals surface area contributed by atoms with Gasteiger partial charge in [-0.1, -0.05) is 18.2 Å². The molecule has 114 valence electrons. The molecular formula is C14H19N3O4. The molecule has 0 bridgehead atoms. The molecule has 0 saturated carbocycles. The van der Waals surface area contributed by atoms with Crippen LogP contribution in [0, 0.1) is 0 Å². The Balaban J connectivity index is 2.42. The van der Waals surface area contributed by atoms with Crippen LogP contribution in [0.5, 0.6) is 0 Å². The Bertz CT molecular complexity index is 531. The number of nitrogens with one attached hydrogen (secondary N) is 2. The SMILES string of the molecule is CC(CC(N)=O)NC(=O)NCCc1ccccc1C(=O)O. The maximum absolute atomic E-state index is 11.6. The number of rotatable bonds is 7. The summed E-state index contributed by atoms with van der Waals surface area (Å²) in [4.78, 5) is 33.3. The number of urea groups is 1. The van der Waals surface area contributed by atoms with Gasteiger partial charge in [-0.3, -0.25) is 4.79 Å². The van der Waals surface area contributed by atoms with Gasteiger partial charge in [0, 0.05) is 19.0 Å². The normalized spacial score (nSPS) is 11.5. The number of carbonyl (C=O) groups excluding carboxylic acids is 2. The molecule has 7 heteroatoms. The minimum absolute atomic E-state index is 0.0647. The summed E-state index contributed by atoms with van der Waals surface area (Å²) in [6.45, 7) is 1.96. The zero-order valence-electron chi connectivity index (χ0n) is 11.8. The lowest BCUT2D eigenvalue weighted by Gasteiger charge is -2.13. The van der Waals surface area contributed by atoms with Gasteiger partial charge < -0.3 is 21.5 Å². The van der Waals surface area contributed by atoms with Crippen molar-refractivity contribution in [1.82, 2.24) is 10.6 Å². The quantitative estimate of drug-likeness (QED) is 0.584. The van der Waals surface area contributed by atoms with Gasteiger partial charge in [0.1, 0.15) is 0 Å². The van der Waals surface area contributed by atoms with Crippen LogP contribution >= 0.6 is 0 Å². The molecule has 5 N–H and O–H groups in total. The highest BCUT2D eigenvalue weighted by atomic mass is 16.4. The van der Waals surface area contributed by atoms with Gasteiger partial charge in [-0.15, -0.1) is 0 Å². The smallest absolute Gasteiger partial charge is 0.335 e. The van der Waals surface area contributed by atoms with Gasteiger partial charge in [-0.25, -0.2) is 9.59 Å². The van der Waals surface area contributed by atoms with E-state index in [1.807, 2.05) is 0 Å². The van der Waals surface area contributed by atoms with Gasteiger partial charge in [0.15, 0.2) is 0 Å². The Morgan fingerprint density at radius 3 is 2.57 bits per heavy atom. The van der Waals surface area contributed by atoms with Crippen LogP contribution < -0.4 is 16.4 Å². The average molecular weight is 293 g/mol. The number of aromatic carboxylic acids is 1. The fourth-order valence-corrected chi connectivity index (χ4v) is 1.89. The number of amides is 3. The highest BCUT2D eigenvalue weighted by Gasteiger charge is 2.11. The van der Waals surface area contributed by atoms with Crippen LogP contribution in [-0.4, -0.2) is 35.6 Å². The van der Waals surface area contributed by atoms with Crippen molar-refractivity contribution in [1.29, 1.82) is 0 Å². The molecule has 1 atom stereocenters. The average Bonchev–Trinajstić information content (AvgIpc) is 2.37. The molecule has 0 aliphatic rings. The number of hydrogen-bond acceptors (Lipinski definition) is 3. The Labute approximate surface area is 122 Å². The second-order valence-electron chi connectivity index (χ2n) is 4.68. The van der Waals surface area contributed by atoms with Crippen molar-refractivity contribution >= 4 is 17.9 Å². The van der Waals surface area contributed by atoms with Crippen LogP contribution in [0.1, 0.15) is 29.3 Å². The molecule has 3 amide bonds. The lowest BCUT2D eigenvalue weighted by atomic mass is 10.0. The lowest BCUT2D eigenvalue weighted by Crippen LogP contribution is -2.42. The van der Waals surface area contributed by atoms with Crippen molar-refractivity contribution in [3.63, 3.8) is 0 Å². The number of nitrogens with two attached hydrogens (primary N) is 1. The van der Waals surface area contributed by atoms with Gasteiger partial charge in [-0.05, 0) is 25.0 Å². The molecular weight excluding hydrogens is 274 g/mol. The number of primary amides is 1. The van der Waals surface area contributed by atoms with Gasteiger partial charge in [0.05, 0.1) is 5.56 Å². The summed E-state index contributed by atoms with van der Waals surface area (Å²) in [5.74, 6) is -1.48. The standard InChI is InChI=1S/C14H19N3O4/c1-9(8-12(15)18)17-14(21)16-7-6-10-4-2-3-5-11(10)13(19)20/h2-5,9H,6-8H2,1H3,(H2,15,18)(H,19,20)(H2,16,17,21). The van der Waals surface area contributed by atoms with E-state index in [9.17, 15) is 14.4 Å². The molecule has 0 aliphatic carbocycles. The van der Waals surface area contributed by atoms with Gasteiger partial charge in [-0.2, -0.15) is 0 Å². The van der Waals surface area contributed by atoms with Crippen molar-refractivity contribution in [3.8, 4) is 0 Å². The molecule has 1 unspecified atom stereocenters. The molecule has 1 aromatic rings. The maximum Gasteiger partial charge on any atom is 0.335 e. The molecule has 21 heavy (non-hydrogen) atoms. The lowest BCUT2D eigenvalue weighted by molar-refractivity contribution is -0.118. The van der Waals surface area contributed by atoms with Crippen molar-refractivity contribution in [2.75, 3.05) is 6.54 Å². The van der Waals surface area contributed by atoms with E-state index in [0.29, 0.717) is 18.5 Å². The van der Waals surface area contributed by atoms with E-state index in [2.05, 4.69) is 10.6 Å². The third-order valence-corrected chi connectivity index (χ3v) is 2.81. The number of benzene rings is 1. The van der Waals surface area contributed by atoms with E-state index in [4.69, 9.17) is 10.8 Å². The second kappa shape index (κ2) is 7.88. The molecule has 0 radical (unpaired) electrons. The van der Waals surface area contributed by atoms with Crippen molar-refractivity contribution in [2.45, 2.75) is 25.8 Å². The summed E-state index contributed by atoms with van der Waals surface area (Å²) in [5.41, 5.74) is 5.90. The molecule has 0 spiro atoms. The first-order chi connectivity index (χ1) is 9.90. The molecule has 7 nitrogen and oxygen atoms in total. The predicted octanol–water partition coefficient (Wildman–Crippen LogP) is 0.490. The Hall–Kier alpha value is -2.57. The number of carboxylic acid groups (broad SMARTS) is 1. The summed E-state index contributed by atoms with van der Waals surface area (Å²) in [5, 5.41) is 14.2. The Kier molecular flexibility index (Phi) is 6.19. The summed E-state index contributed by atoms with van der Waals surface area (Å²) in [6.07, 6.45) is 0.468. The summed E-state index contributed by atoms with van der Waals surface area (Å²) in [6, 6.07) is 5.85. The van der Waals surface area contributed by atoms with E-state index in [1.54, 1.807) is 25.1 Å². The first kappa shape index (κ1) is 16.5. The van der Waals surface area contributed by atoms with Crippen molar-refractivity contribution < 1.29 is 19.5 Å². The number of carboxylic acids is 1. The van der Waals surface area contributed by atoms with Gasteiger partial charge >= 0.3 is 12.0 Å². The monoisotopic (exact) mass is 293 g/mol. The third-order valence-electron chi connectivity index (χ3n) is 2.81. The zero-order chi connectivity index (χ0) is 15.8. The van der Waals surface area contributed by atoms with E-state index in [-0.39, 0.29) is 18.0 Å². The van der Waals surface area contributed by atoms with Crippen molar-refractivity contribution in [2.24, 2.45) is 5.73 Å². The fourth-order valence-electron chi connectivity index (χ4n) is 1.89. The van der Waals surface area contributed by atoms with Crippen LogP contribution in [0.15, 0.2) is 24.3 Å². The van der Waals surface area contributed by atoms with E-state index < -0.39 is 17.9 Å². The van der Waals surface area contributed by atoms with Crippen molar-refractivity contribution in [3.05, 3.63) is 35.4 Å². The molecule has 0 aromatic heterocycles. The Morgan fingerprint density at radius 1 is 1.29 bits per heavy atom. The molecule has 1 rings (SSSR count). The Morgan fingerprint density at radius 2 is 1.95 bits per heavy atom. The molecule has 1 aromatic carbocycles. The van der Waals surface area contributed by atoms with E-state index in [1.165, 1.54) is 6.07 Å². The summed E-state index contributed by atoms with van der Waals surface area (Å²) in [7, 11) is 0.